The molecular weight excluding hydrogens is 386 g/mol. The summed E-state index contributed by atoms with van der Waals surface area (Å²) in [6, 6.07) is 11.9. The molecule has 1 heterocycles. The minimum absolute atomic E-state index is 0.410. The Morgan fingerprint density at radius 1 is 0.966 bits per heavy atom. The van der Waals surface area contributed by atoms with Gasteiger partial charge in [-0.3, -0.25) is 4.90 Å². The minimum atomic E-state index is -3.50. The van der Waals surface area contributed by atoms with Gasteiger partial charge < -0.3 is 9.64 Å². The van der Waals surface area contributed by atoms with Crippen LogP contribution in [0.15, 0.2) is 41.3 Å². The number of hydrogen-bond donors (Lipinski definition) is 1. The van der Waals surface area contributed by atoms with Gasteiger partial charge in [-0.2, -0.15) is 0 Å². The van der Waals surface area contributed by atoms with Crippen LogP contribution in [0.1, 0.15) is 16.7 Å². The molecule has 0 aliphatic carbocycles. The van der Waals surface area contributed by atoms with Gasteiger partial charge in [-0.25, -0.2) is 13.1 Å². The summed E-state index contributed by atoms with van der Waals surface area (Å²) in [5.41, 5.74) is 3.86. The van der Waals surface area contributed by atoms with Crippen molar-refractivity contribution in [2.45, 2.75) is 25.7 Å². The molecule has 1 fully saturated rings. The van der Waals surface area contributed by atoms with E-state index in [1.165, 1.54) is 5.69 Å². The molecule has 0 atom stereocenters. The zero-order chi connectivity index (χ0) is 21.0. The summed E-state index contributed by atoms with van der Waals surface area (Å²) in [4.78, 5) is 5.06. The smallest absolute Gasteiger partial charge is 0.241 e. The summed E-state index contributed by atoms with van der Waals surface area (Å²) in [6.07, 6.45) is 0. The van der Waals surface area contributed by atoms with Crippen LogP contribution in [-0.4, -0.2) is 59.7 Å². The molecule has 0 aromatic heterocycles. The number of aryl methyl sites for hydroxylation is 3. The number of piperazine rings is 1. The Bertz CT molecular complexity index is 911. The van der Waals surface area contributed by atoms with E-state index < -0.39 is 10.0 Å². The number of sulfonamides is 1. The van der Waals surface area contributed by atoms with Gasteiger partial charge in [0.15, 0.2) is 0 Å². The third kappa shape index (κ3) is 5.29. The molecule has 2 aromatic carbocycles. The Kier molecular flexibility index (Phi) is 6.82. The number of anilines is 1. The normalized spacial score (nSPS) is 15.5. The Labute approximate surface area is 174 Å². The van der Waals surface area contributed by atoms with E-state index >= 15 is 0 Å². The molecular formula is C22H31N3O3S. The number of benzene rings is 2. The molecule has 0 amide bonds. The van der Waals surface area contributed by atoms with Gasteiger partial charge in [0.2, 0.25) is 10.0 Å². The van der Waals surface area contributed by atoms with E-state index in [2.05, 4.69) is 26.7 Å². The van der Waals surface area contributed by atoms with E-state index in [1.807, 2.05) is 45.0 Å². The summed E-state index contributed by atoms with van der Waals surface area (Å²) in [5, 5.41) is 0. The Morgan fingerprint density at radius 3 is 2.10 bits per heavy atom. The van der Waals surface area contributed by atoms with E-state index in [0.717, 1.165) is 48.6 Å². The molecule has 1 aliphatic heterocycles. The van der Waals surface area contributed by atoms with Crippen molar-refractivity contribution in [2.24, 2.45) is 0 Å². The average molecular weight is 418 g/mol. The average Bonchev–Trinajstić information content (AvgIpc) is 2.67. The van der Waals surface area contributed by atoms with Crippen molar-refractivity contribution in [3.8, 4) is 5.75 Å². The highest BCUT2D eigenvalue weighted by molar-refractivity contribution is 7.89. The summed E-state index contributed by atoms with van der Waals surface area (Å²) in [6.45, 7) is 10.5. The van der Waals surface area contributed by atoms with Crippen molar-refractivity contribution in [3.05, 3.63) is 53.1 Å². The first-order chi connectivity index (χ1) is 13.8. The number of ether oxygens (including phenoxy) is 1. The first-order valence-electron chi connectivity index (χ1n) is 9.99. The van der Waals surface area contributed by atoms with Crippen molar-refractivity contribution in [3.63, 3.8) is 0 Å². The van der Waals surface area contributed by atoms with Crippen molar-refractivity contribution < 1.29 is 13.2 Å². The first-order valence-corrected chi connectivity index (χ1v) is 11.5. The van der Waals surface area contributed by atoms with E-state index in [-0.39, 0.29) is 0 Å². The highest BCUT2D eigenvalue weighted by atomic mass is 32.2. The zero-order valence-electron chi connectivity index (χ0n) is 17.7. The highest BCUT2D eigenvalue weighted by Gasteiger charge is 2.21. The van der Waals surface area contributed by atoms with Gasteiger partial charge in [0.05, 0.1) is 12.0 Å². The van der Waals surface area contributed by atoms with E-state index in [0.29, 0.717) is 18.0 Å². The predicted molar refractivity (Wildman–Crippen MR) is 117 cm³/mol. The number of hydrogen-bond acceptors (Lipinski definition) is 5. The molecule has 158 valence electrons. The monoisotopic (exact) mass is 417 g/mol. The van der Waals surface area contributed by atoms with E-state index in [4.69, 9.17) is 4.74 Å². The number of methoxy groups -OCH3 is 1. The zero-order valence-corrected chi connectivity index (χ0v) is 18.6. The lowest BCUT2D eigenvalue weighted by atomic mass is 10.1. The SMILES string of the molecule is COc1ccc(N2CCN(CCNS(=O)(=O)c3c(C)cc(C)cc3C)CC2)cc1. The second-order valence-corrected chi connectivity index (χ2v) is 9.36. The van der Waals surface area contributed by atoms with Crippen LogP contribution in [-0.2, 0) is 10.0 Å². The van der Waals surface area contributed by atoms with Crippen molar-refractivity contribution in [2.75, 3.05) is 51.3 Å². The van der Waals surface area contributed by atoms with Crippen LogP contribution in [0.2, 0.25) is 0 Å². The third-order valence-electron chi connectivity index (χ3n) is 5.40. The molecule has 3 rings (SSSR count). The van der Waals surface area contributed by atoms with E-state index in [1.54, 1.807) is 7.11 Å². The molecule has 6 nitrogen and oxygen atoms in total. The van der Waals surface area contributed by atoms with Gasteiger partial charge in [-0.15, -0.1) is 0 Å². The van der Waals surface area contributed by atoms with Crippen molar-refractivity contribution in [1.82, 2.24) is 9.62 Å². The maximum atomic E-state index is 12.8. The largest absolute Gasteiger partial charge is 0.497 e. The quantitative estimate of drug-likeness (QED) is 0.751. The van der Waals surface area contributed by atoms with Gasteiger partial charge in [0.25, 0.3) is 0 Å². The third-order valence-corrected chi connectivity index (χ3v) is 7.17. The lowest BCUT2D eigenvalue weighted by molar-refractivity contribution is 0.262. The molecule has 1 N–H and O–H groups in total. The van der Waals surface area contributed by atoms with E-state index in [9.17, 15) is 8.42 Å². The molecule has 1 saturated heterocycles. The first kappa shape index (κ1) is 21.6. The standard InChI is InChI=1S/C22H31N3O3S/c1-17-15-18(2)22(19(3)16-17)29(26,27)23-9-10-24-11-13-25(14-12-24)20-5-7-21(28-4)8-6-20/h5-8,15-16,23H,9-14H2,1-4H3. The van der Waals surface area contributed by atoms with Crippen LogP contribution < -0.4 is 14.4 Å². The minimum Gasteiger partial charge on any atom is -0.497 e. The van der Waals surface area contributed by atoms with Gasteiger partial charge in [0, 0.05) is 45.0 Å². The predicted octanol–water partition coefficient (Wildman–Crippen LogP) is 2.72. The highest BCUT2D eigenvalue weighted by Crippen LogP contribution is 2.22. The fourth-order valence-corrected chi connectivity index (χ4v) is 5.49. The van der Waals surface area contributed by atoms with Crippen LogP contribution in [0.4, 0.5) is 5.69 Å². The fourth-order valence-electron chi connectivity index (χ4n) is 4.02. The van der Waals surface area contributed by atoms with Crippen LogP contribution >= 0.6 is 0 Å². The summed E-state index contributed by atoms with van der Waals surface area (Å²) in [7, 11) is -1.83. The molecule has 29 heavy (non-hydrogen) atoms. The molecule has 1 aliphatic rings. The summed E-state index contributed by atoms with van der Waals surface area (Å²) in [5.74, 6) is 0.860. The number of rotatable bonds is 7. The van der Waals surface area contributed by atoms with Gasteiger partial charge in [0.1, 0.15) is 5.75 Å². The summed E-state index contributed by atoms with van der Waals surface area (Å²) >= 11 is 0. The molecule has 0 spiro atoms. The van der Waals surface area contributed by atoms with Gasteiger partial charge in [-0.05, 0) is 56.2 Å². The number of nitrogens with one attached hydrogen (secondary N) is 1. The van der Waals surface area contributed by atoms with Crippen LogP contribution in [0.3, 0.4) is 0 Å². The Balaban J connectivity index is 1.50. The maximum absolute atomic E-state index is 12.8. The lowest BCUT2D eigenvalue weighted by Gasteiger charge is -2.36. The van der Waals surface area contributed by atoms with Gasteiger partial charge in [-0.1, -0.05) is 17.7 Å². The molecule has 2 aromatic rings. The fraction of sp³-hybridized carbons (Fsp3) is 0.455. The van der Waals surface area contributed by atoms with Crippen LogP contribution in [0.25, 0.3) is 0 Å². The van der Waals surface area contributed by atoms with Crippen LogP contribution in [0, 0.1) is 20.8 Å². The molecule has 0 bridgehead atoms. The molecule has 7 heteroatoms. The van der Waals surface area contributed by atoms with Gasteiger partial charge >= 0.3 is 0 Å². The Morgan fingerprint density at radius 2 is 1.55 bits per heavy atom. The number of nitrogens with zero attached hydrogens (tertiary/aromatic N) is 2. The molecule has 0 saturated carbocycles. The lowest BCUT2D eigenvalue weighted by Crippen LogP contribution is -2.48. The van der Waals surface area contributed by atoms with Crippen LogP contribution in [0.5, 0.6) is 5.75 Å². The second-order valence-electron chi connectivity index (χ2n) is 7.65. The topological polar surface area (TPSA) is 61.9 Å². The Hall–Kier alpha value is -2.09. The summed E-state index contributed by atoms with van der Waals surface area (Å²) < 4.78 is 33.5. The molecule has 0 radical (unpaired) electrons. The second kappa shape index (κ2) is 9.15. The van der Waals surface area contributed by atoms with Crippen molar-refractivity contribution >= 4 is 15.7 Å². The molecule has 0 unspecified atom stereocenters. The maximum Gasteiger partial charge on any atom is 0.241 e. The van der Waals surface area contributed by atoms with Crippen molar-refractivity contribution in [1.29, 1.82) is 0 Å².